The Balaban J connectivity index is 2.35. The number of carbonyl (C=O) groups excluding carboxylic acids is 3. The molecule has 92 valence electrons. The Labute approximate surface area is 107 Å². The van der Waals surface area contributed by atoms with Crippen LogP contribution in [0.25, 0.3) is 6.08 Å². The second-order valence-electron chi connectivity index (χ2n) is 3.54. The van der Waals surface area contributed by atoms with E-state index < -0.39 is 17.8 Å². The Hall–Kier alpha value is -2.21. The zero-order valence-corrected chi connectivity index (χ0v) is 10.2. The lowest BCUT2D eigenvalue weighted by atomic mass is 10.1. The molecule has 0 unspecified atom stereocenters. The highest BCUT2D eigenvalue weighted by atomic mass is 32.1. The highest BCUT2D eigenvalue weighted by Gasteiger charge is 2.34. The van der Waals surface area contributed by atoms with Gasteiger partial charge in [-0.2, -0.15) is 0 Å². The maximum Gasteiger partial charge on any atom is 0.331 e. The smallest absolute Gasteiger partial charge is 0.273 e. The molecule has 0 radical (unpaired) electrons. The fourth-order valence-electron chi connectivity index (χ4n) is 1.50. The summed E-state index contributed by atoms with van der Waals surface area (Å²) in [5, 5.41) is 3.96. The van der Waals surface area contributed by atoms with Gasteiger partial charge in [-0.05, 0) is 17.5 Å². The van der Waals surface area contributed by atoms with Gasteiger partial charge in [0.15, 0.2) is 0 Å². The molecule has 4 amide bonds. The number of carbonyl (C=O) groups is 3. The van der Waals surface area contributed by atoms with Crippen molar-refractivity contribution in [1.82, 2.24) is 10.2 Å². The van der Waals surface area contributed by atoms with Gasteiger partial charge in [-0.3, -0.25) is 19.8 Å². The fraction of sp³-hybridized carbons (Fsp3) is 0.0833. The van der Waals surface area contributed by atoms with Crippen molar-refractivity contribution in [3.8, 4) is 0 Å². The number of amides is 4. The molecule has 18 heavy (non-hydrogen) atoms. The van der Waals surface area contributed by atoms with Gasteiger partial charge in [0.1, 0.15) is 5.57 Å². The average Bonchev–Trinajstić information content (AvgIpc) is 2.83. The van der Waals surface area contributed by atoms with E-state index in [9.17, 15) is 14.4 Å². The third-order valence-electron chi connectivity index (χ3n) is 2.33. The lowest BCUT2D eigenvalue weighted by Crippen LogP contribution is -2.54. The van der Waals surface area contributed by atoms with Gasteiger partial charge in [-0.15, -0.1) is 17.9 Å². The number of nitrogens with zero attached hydrogens (tertiary/aromatic N) is 1. The van der Waals surface area contributed by atoms with E-state index in [1.165, 1.54) is 23.5 Å². The summed E-state index contributed by atoms with van der Waals surface area (Å²) in [4.78, 5) is 36.8. The Bertz CT molecular complexity index is 546. The van der Waals surface area contributed by atoms with Gasteiger partial charge in [0, 0.05) is 11.4 Å². The molecule has 1 aliphatic heterocycles. The molecule has 6 heteroatoms. The molecule has 1 fully saturated rings. The van der Waals surface area contributed by atoms with Crippen LogP contribution < -0.4 is 5.32 Å². The number of hydrogen-bond acceptors (Lipinski definition) is 4. The molecule has 1 saturated heterocycles. The third kappa shape index (κ3) is 2.23. The summed E-state index contributed by atoms with van der Waals surface area (Å²) in [6.45, 7) is 3.54. The lowest BCUT2D eigenvalue weighted by Gasteiger charge is -2.24. The number of rotatable bonds is 3. The average molecular weight is 262 g/mol. The van der Waals surface area contributed by atoms with Crippen molar-refractivity contribution in [1.29, 1.82) is 0 Å². The molecule has 0 atom stereocenters. The minimum Gasteiger partial charge on any atom is -0.273 e. The normalized spacial score (nSPS) is 18.1. The first kappa shape index (κ1) is 12.3. The van der Waals surface area contributed by atoms with Crippen LogP contribution in [0.5, 0.6) is 0 Å². The van der Waals surface area contributed by atoms with Crippen molar-refractivity contribution in [3.63, 3.8) is 0 Å². The Kier molecular flexibility index (Phi) is 3.38. The minimum absolute atomic E-state index is 0.0427. The van der Waals surface area contributed by atoms with Crippen molar-refractivity contribution in [2.24, 2.45) is 0 Å². The van der Waals surface area contributed by atoms with Crippen molar-refractivity contribution in [2.75, 3.05) is 6.54 Å². The Morgan fingerprint density at radius 3 is 2.78 bits per heavy atom. The summed E-state index contributed by atoms with van der Waals surface area (Å²) < 4.78 is 0. The molecule has 1 aliphatic rings. The van der Waals surface area contributed by atoms with Gasteiger partial charge >= 0.3 is 6.03 Å². The predicted octanol–water partition coefficient (Wildman–Crippen LogP) is 1.40. The molecule has 0 saturated carbocycles. The quantitative estimate of drug-likeness (QED) is 0.508. The lowest BCUT2D eigenvalue weighted by molar-refractivity contribution is -0.129. The van der Waals surface area contributed by atoms with Gasteiger partial charge in [0.05, 0.1) is 0 Å². The van der Waals surface area contributed by atoms with Crippen LogP contribution in [0.1, 0.15) is 4.88 Å². The second kappa shape index (κ2) is 4.97. The van der Waals surface area contributed by atoms with Crippen LogP contribution in [0.3, 0.4) is 0 Å². The number of imide groups is 2. The van der Waals surface area contributed by atoms with E-state index in [2.05, 4.69) is 11.9 Å². The van der Waals surface area contributed by atoms with Crippen molar-refractivity contribution in [3.05, 3.63) is 40.6 Å². The highest BCUT2D eigenvalue weighted by Crippen LogP contribution is 2.17. The summed E-state index contributed by atoms with van der Waals surface area (Å²) in [5.41, 5.74) is -0.0427. The molecule has 2 rings (SSSR count). The second-order valence-corrected chi connectivity index (χ2v) is 4.52. The zero-order chi connectivity index (χ0) is 13.1. The van der Waals surface area contributed by atoms with Crippen LogP contribution >= 0.6 is 11.3 Å². The first-order valence-corrected chi connectivity index (χ1v) is 6.04. The highest BCUT2D eigenvalue weighted by molar-refractivity contribution is 7.10. The van der Waals surface area contributed by atoms with Crippen LogP contribution in [0.15, 0.2) is 35.7 Å². The number of hydrogen-bond donors (Lipinski definition) is 1. The molecular weight excluding hydrogens is 252 g/mol. The van der Waals surface area contributed by atoms with Crippen LogP contribution in [-0.2, 0) is 9.59 Å². The number of barbiturate groups is 1. The summed E-state index contributed by atoms with van der Waals surface area (Å²) in [5.74, 6) is -1.27. The molecule has 0 aliphatic carbocycles. The van der Waals surface area contributed by atoms with Crippen molar-refractivity contribution < 1.29 is 14.4 Å². The topological polar surface area (TPSA) is 66.5 Å². The fourth-order valence-corrected chi connectivity index (χ4v) is 2.16. The summed E-state index contributed by atoms with van der Waals surface area (Å²) in [7, 11) is 0. The van der Waals surface area contributed by atoms with E-state index in [0.717, 1.165) is 9.78 Å². The van der Waals surface area contributed by atoms with E-state index in [0.29, 0.717) is 0 Å². The standard InChI is InChI=1S/C12H10N2O3S/c1-2-5-14-11(16)9(10(15)13-12(14)17)7-8-4-3-6-18-8/h2-4,6-7H,1,5H2,(H,13,15,17)/b9-7-. The predicted molar refractivity (Wildman–Crippen MR) is 67.7 cm³/mol. The first-order chi connectivity index (χ1) is 8.63. The van der Waals surface area contributed by atoms with Gasteiger partial charge < -0.3 is 0 Å². The molecule has 1 N–H and O–H groups in total. The first-order valence-electron chi connectivity index (χ1n) is 5.16. The van der Waals surface area contributed by atoms with Gasteiger partial charge in [-0.25, -0.2) is 4.79 Å². The largest absolute Gasteiger partial charge is 0.331 e. The molecule has 2 heterocycles. The molecule has 0 aromatic carbocycles. The van der Waals surface area contributed by atoms with Crippen LogP contribution in [0.2, 0.25) is 0 Å². The van der Waals surface area contributed by atoms with E-state index >= 15 is 0 Å². The molecule has 0 spiro atoms. The van der Waals surface area contributed by atoms with Gasteiger partial charge in [0.25, 0.3) is 11.8 Å². The molecule has 5 nitrogen and oxygen atoms in total. The number of urea groups is 1. The Morgan fingerprint density at radius 2 is 2.17 bits per heavy atom. The summed E-state index contributed by atoms with van der Waals surface area (Å²) in [6.07, 6.45) is 2.90. The molecule has 1 aromatic heterocycles. The molecule has 1 aromatic rings. The van der Waals surface area contributed by atoms with Gasteiger partial charge in [0.2, 0.25) is 0 Å². The van der Waals surface area contributed by atoms with E-state index in [1.54, 1.807) is 6.07 Å². The maximum atomic E-state index is 12.0. The van der Waals surface area contributed by atoms with Gasteiger partial charge in [-0.1, -0.05) is 12.1 Å². The van der Waals surface area contributed by atoms with Crippen LogP contribution in [-0.4, -0.2) is 29.3 Å². The minimum atomic E-state index is -0.715. The van der Waals surface area contributed by atoms with E-state index in [4.69, 9.17) is 0 Å². The molecule has 0 bridgehead atoms. The maximum absolute atomic E-state index is 12.0. The number of thiophene rings is 1. The summed E-state index contributed by atoms with van der Waals surface area (Å²) in [6, 6.07) is 2.88. The molecular formula is C12H10N2O3S. The summed E-state index contributed by atoms with van der Waals surface area (Å²) >= 11 is 1.40. The third-order valence-corrected chi connectivity index (χ3v) is 3.15. The van der Waals surface area contributed by atoms with E-state index in [1.807, 2.05) is 11.4 Å². The van der Waals surface area contributed by atoms with Crippen LogP contribution in [0.4, 0.5) is 4.79 Å². The van der Waals surface area contributed by atoms with E-state index in [-0.39, 0.29) is 12.1 Å². The zero-order valence-electron chi connectivity index (χ0n) is 9.38. The SMILES string of the molecule is C=CCN1C(=O)NC(=O)/C(=C/c2cccs2)C1=O. The number of nitrogens with one attached hydrogen (secondary N) is 1. The monoisotopic (exact) mass is 262 g/mol. The van der Waals surface area contributed by atoms with Crippen LogP contribution in [0, 0.1) is 0 Å². The van der Waals surface area contributed by atoms with Crippen molar-refractivity contribution in [2.45, 2.75) is 0 Å². The Morgan fingerprint density at radius 1 is 1.39 bits per heavy atom. The van der Waals surface area contributed by atoms with Crippen molar-refractivity contribution >= 4 is 35.3 Å².